The minimum absolute atomic E-state index is 1.24. The van der Waals surface area contributed by atoms with Gasteiger partial charge in [0.1, 0.15) is 0 Å². The predicted octanol–water partition coefficient (Wildman–Crippen LogP) is 13.7. The molecule has 0 aliphatic heterocycles. The van der Waals surface area contributed by atoms with E-state index in [0.717, 1.165) is 0 Å². The van der Waals surface area contributed by atoms with Crippen molar-refractivity contribution in [1.82, 2.24) is 0 Å². The number of hydrogen-bond acceptors (Lipinski definition) is 1. The van der Waals surface area contributed by atoms with Gasteiger partial charge in [0, 0.05) is 20.2 Å². The van der Waals surface area contributed by atoms with Crippen LogP contribution in [0.25, 0.3) is 96.6 Å². The van der Waals surface area contributed by atoms with Gasteiger partial charge in [-0.1, -0.05) is 146 Å². The van der Waals surface area contributed by atoms with Crippen molar-refractivity contribution in [2.75, 3.05) is 0 Å². The highest BCUT2D eigenvalue weighted by atomic mass is 32.1. The molecule has 1 heterocycles. The van der Waals surface area contributed by atoms with E-state index >= 15 is 0 Å². The van der Waals surface area contributed by atoms with E-state index in [0.29, 0.717) is 0 Å². The third-order valence-electron chi connectivity index (χ3n) is 9.83. The van der Waals surface area contributed by atoms with Gasteiger partial charge in [0.05, 0.1) is 0 Å². The van der Waals surface area contributed by atoms with Gasteiger partial charge in [0.25, 0.3) is 0 Å². The van der Waals surface area contributed by atoms with Crippen LogP contribution in [0.1, 0.15) is 0 Å². The first-order chi connectivity index (χ1) is 23.3. The molecule has 0 fully saturated rings. The Morgan fingerprint density at radius 3 is 1.55 bits per heavy atom. The summed E-state index contributed by atoms with van der Waals surface area (Å²) < 4.78 is 2.67. The molecule has 0 N–H and O–H groups in total. The van der Waals surface area contributed by atoms with Crippen LogP contribution < -0.4 is 0 Å². The molecule has 47 heavy (non-hydrogen) atoms. The fraction of sp³-hybridized carbons (Fsp3) is 0. The van der Waals surface area contributed by atoms with Crippen LogP contribution >= 0.6 is 11.3 Å². The van der Waals surface area contributed by atoms with Crippen LogP contribution in [-0.4, -0.2) is 0 Å². The van der Waals surface area contributed by atoms with Crippen molar-refractivity contribution in [3.8, 4) is 33.4 Å². The molecule has 0 atom stereocenters. The van der Waals surface area contributed by atoms with Gasteiger partial charge in [0.2, 0.25) is 0 Å². The van der Waals surface area contributed by atoms with Crippen LogP contribution in [0.5, 0.6) is 0 Å². The summed E-state index contributed by atoms with van der Waals surface area (Å²) in [5.74, 6) is 0. The Labute approximate surface area is 276 Å². The normalized spacial score (nSPS) is 11.8. The lowest BCUT2D eigenvalue weighted by molar-refractivity contribution is 1.64. The summed E-state index contributed by atoms with van der Waals surface area (Å²) >= 11 is 1.88. The van der Waals surface area contributed by atoms with Gasteiger partial charge in [0.15, 0.2) is 0 Å². The smallest absolute Gasteiger partial charge is 0.0361 e. The Bertz CT molecular complexity index is 2800. The molecule has 0 aliphatic carbocycles. The fourth-order valence-corrected chi connectivity index (χ4v) is 8.90. The molecule has 0 unspecified atom stereocenters. The highest BCUT2D eigenvalue weighted by molar-refractivity contribution is 7.25. The van der Waals surface area contributed by atoms with Crippen molar-refractivity contribution in [1.29, 1.82) is 0 Å². The number of benzene rings is 9. The second-order valence-electron chi connectivity index (χ2n) is 12.4. The monoisotopic (exact) mass is 612 g/mol. The molecule has 0 saturated heterocycles. The number of hydrogen-bond donors (Lipinski definition) is 0. The summed E-state index contributed by atoms with van der Waals surface area (Å²) in [5, 5.41) is 12.9. The Kier molecular flexibility index (Phi) is 5.85. The second kappa shape index (κ2) is 10.4. The largest absolute Gasteiger partial charge is 0.135 e. The fourth-order valence-electron chi connectivity index (χ4n) is 7.75. The molecule has 0 radical (unpaired) electrons. The first-order valence-electron chi connectivity index (χ1n) is 16.2. The molecular weight excluding hydrogens is 585 g/mol. The van der Waals surface area contributed by atoms with Crippen molar-refractivity contribution < 1.29 is 0 Å². The number of rotatable bonds is 3. The maximum Gasteiger partial charge on any atom is 0.0361 e. The minimum Gasteiger partial charge on any atom is -0.135 e. The van der Waals surface area contributed by atoms with E-state index in [2.05, 4.69) is 170 Å². The molecule has 0 saturated carbocycles. The molecular formula is C46H28S. The summed E-state index contributed by atoms with van der Waals surface area (Å²) in [7, 11) is 0. The molecule has 0 spiro atoms. The van der Waals surface area contributed by atoms with Crippen LogP contribution in [0.4, 0.5) is 0 Å². The highest BCUT2D eigenvalue weighted by Crippen LogP contribution is 2.47. The van der Waals surface area contributed by atoms with Crippen LogP contribution in [0.15, 0.2) is 170 Å². The zero-order chi connectivity index (χ0) is 30.9. The lowest BCUT2D eigenvalue weighted by atomic mass is 9.83. The summed E-state index contributed by atoms with van der Waals surface area (Å²) in [6.45, 7) is 0. The van der Waals surface area contributed by atoms with E-state index < -0.39 is 0 Å². The third-order valence-corrected chi connectivity index (χ3v) is 11.0. The highest BCUT2D eigenvalue weighted by Gasteiger charge is 2.19. The van der Waals surface area contributed by atoms with E-state index in [1.165, 1.54) is 96.6 Å². The van der Waals surface area contributed by atoms with E-state index in [-0.39, 0.29) is 0 Å². The van der Waals surface area contributed by atoms with E-state index in [1.54, 1.807) is 0 Å². The van der Waals surface area contributed by atoms with Gasteiger partial charge in [-0.05, 0) is 101 Å². The molecule has 9 aromatic carbocycles. The molecule has 1 heteroatoms. The van der Waals surface area contributed by atoms with Crippen LogP contribution in [0.3, 0.4) is 0 Å². The standard InChI is InChI=1S/C46H28S/c1-2-15-33-31(12-1)27-42(35-17-4-3-16-34(33)35)46-40-21-7-5-19-38(40)45(39-20-6-8-22-41(39)46)32-14-11-13-29(26-32)30-24-25-37-36-18-9-10-23-43(36)47-44(37)28-30/h1-28H. The molecule has 218 valence electrons. The van der Waals surface area contributed by atoms with Crippen molar-refractivity contribution in [3.63, 3.8) is 0 Å². The zero-order valence-corrected chi connectivity index (χ0v) is 26.4. The minimum atomic E-state index is 1.24. The Hall–Kier alpha value is -5.76. The third kappa shape index (κ3) is 4.07. The topological polar surface area (TPSA) is 0 Å². The molecule has 10 rings (SSSR count). The average molecular weight is 613 g/mol. The molecule has 0 bridgehead atoms. The van der Waals surface area contributed by atoms with Gasteiger partial charge < -0.3 is 0 Å². The number of fused-ring (bicyclic) bond motifs is 8. The van der Waals surface area contributed by atoms with Crippen molar-refractivity contribution in [2.45, 2.75) is 0 Å². The van der Waals surface area contributed by atoms with Crippen LogP contribution in [0.2, 0.25) is 0 Å². The van der Waals surface area contributed by atoms with Gasteiger partial charge in [-0.3, -0.25) is 0 Å². The zero-order valence-electron chi connectivity index (χ0n) is 25.6. The maximum absolute atomic E-state index is 2.40. The summed E-state index contributed by atoms with van der Waals surface area (Å²) in [6.07, 6.45) is 0. The van der Waals surface area contributed by atoms with E-state index in [1.807, 2.05) is 11.3 Å². The lowest BCUT2D eigenvalue weighted by Crippen LogP contribution is -1.92. The van der Waals surface area contributed by atoms with Gasteiger partial charge in [-0.15, -0.1) is 11.3 Å². The number of thiophene rings is 1. The molecule has 10 aromatic rings. The first-order valence-corrected chi connectivity index (χ1v) is 17.0. The quantitative estimate of drug-likeness (QED) is 0.138. The summed E-state index contributed by atoms with van der Waals surface area (Å²) in [4.78, 5) is 0. The summed E-state index contributed by atoms with van der Waals surface area (Å²) in [6, 6.07) is 62.8. The van der Waals surface area contributed by atoms with Crippen molar-refractivity contribution in [3.05, 3.63) is 170 Å². The van der Waals surface area contributed by atoms with Crippen LogP contribution in [0, 0.1) is 0 Å². The van der Waals surface area contributed by atoms with Crippen molar-refractivity contribution in [2.24, 2.45) is 0 Å². The SMILES string of the molecule is c1cc(-c2ccc3c(c2)sc2ccccc23)cc(-c2c3ccccc3c(-c3cc4ccccc4c4ccccc34)c3ccccc23)c1. The molecule has 1 aromatic heterocycles. The van der Waals surface area contributed by atoms with Crippen LogP contribution in [-0.2, 0) is 0 Å². The Morgan fingerprint density at radius 1 is 0.277 bits per heavy atom. The summed E-state index contributed by atoms with van der Waals surface area (Å²) in [5.41, 5.74) is 7.59. The Morgan fingerprint density at radius 2 is 0.809 bits per heavy atom. The molecule has 0 aliphatic rings. The van der Waals surface area contributed by atoms with Gasteiger partial charge in [-0.2, -0.15) is 0 Å². The predicted molar refractivity (Wildman–Crippen MR) is 206 cm³/mol. The average Bonchev–Trinajstić information content (AvgIpc) is 3.51. The maximum atomic E-state index is 2.40. The van der Waals surface area contributed by atoms with Crippen molar-refractivity contribution >= 4 is 74.6 Å². The van der Waals surface area contributed by atoms with E-state index in [4.69, 9.17) is 0 Å². The second-order valence-corrected chi connectivity index (χ2v) is 13.5. The first kappa shape index (κ1) is 26.5. The van der Waals surface area contributed by atoms with E-state index in [9.17, 15) is 0 Å². The Balaban J connectivity index is 1.24. The van der Waals surface area contributed by atoms with Gasteiger partial charge in [-0.25, -0.2) is 0 Å². The van der Waals surface area contributed by atoms with Gasteiger partial charge >= 0.3 is 0 Å². The molecule has 0 amide bonds. The molecule has 0 nitrogen and oxygen atoms in total. The lowest BCUT2D eigenvalue weighted by Gasteiger charge is -2.20.